The molecule has 17 heavy (non-hydrogen) atoms. The van der Waals surface area contributed by atoms with Gasteiger partial charge in [-0.2, -0.15) is 0 Å². The molecule has 1 atom stereocenters. The molecule has 1 amide bonds. The number of rotatable bonds is 2. The first-order valence-corrected chi connectivity index (χ1v) is 7.98. The van der Waals surface area contributed by atoms with Crippen molar-refractivity contribution in [2.45, 2.75) is 6.04 Å². The van der Waals surface area contributed by atoms with Crippen LogP contribution in [0.3, 0.4) is 0 Å². The molecule has 0 aliphatic carbocycles. The molecule has 0 saturated carbocycles. The SMILES string of the molecule is NC(C(=O)N1CCS(=O)(=O)CC1)c1cccs1. The van der Waals surface area contributed by atoms with E-state index in [0.717, 1.165) is 4.88 Å². The van der Waals surface area contributed by atoms with Crippen molar-refractivity contribution in [3.63, 3.8) is 0 Å². The number of thiophene rings is 1. The van der Waals surface area contributed by atoms with E-state index in [0.29, 0.717) is 0 Å². The lowest BCUT2D eigenvalue weighted by Gasteiger charge is -2.28. The van der Waals surface area contributed by atoms with E-state index in [2.05, 4.69) is 0 Å². The molecule has 1 aromatic rings. The van der Waals surface area contributed by atoms with Gasteiger partial charge in [0.05, 0.1) is 11.5 Å². The molecule has 1 aliphatic heterocycles. The van der Waals surface area contributed by atoms with E-state index in [4.69, 9.17) is 5.73 Å². The first-order valence-electron chi connectivity index (χ1n) is 5.28. The zero-order chi connectivity index (χ0) is 12.5. The predicted octanol–water partition coefficient (Wildman–Crippen LogP) is 0.00490. The summed E-state index contributed by atoms with van der Waals surface area (Å²) in [4.78, 5) is 14.4. The molecule has 2 N–H and O–H groups in total. The van der Waals surface area contributed by atoms with Gasteiger partial charge in [-0.3, -0.25) is 4.79 Å². The highest BCUT2D eigenvalue weighted by atomic mass is 32.2. The maximum Gasteiger partial charge on any atom is 0.244 e. The molecule has 1 aromatic heterocycles. The Morgan fingerprint density at radius 2 is 2.06 bits per heavy atom. The van der Waals surface area contributed by atoms with Gasteiger partial charge in [-0.25, -0.2) is 8.42 Å². The molecule has 0 radical (unpaired) electrons. The van der Waals surface area contributed by atoms with E-state index in [9.17, 15) is 13.2 Å². The Kier molecular flexibility index (Phi) is 3.50. The number of nitrogens with two attached hydrogens (primary N) is 1. The average Bonchev–Trinajstić information content (AvgIpc) is 2.80. The van der Waals surface area contributed by atoms with E-state index in [1.54, 1.807) is 0 Å². The van der Waals surface area contributed by atoms with Crippen LogP contribution in [-0.2, 0) is 14.6 Å². The van der Waals surface area contributed by atoms with Crippen LogP contribution in [-0.4, -0.2) is 43.8 Å². The number of amides is 1. The first-order chi connectivity index (χ1) is 7.99. The molecular weight excluding hydrogens is 260 g/mol. The molecule has 1 fully saturated rings. The zero-order valence-corrected chi connectivity index (χ0v) is 10.8. The summed E-state index contributed by atoms with van der Waals surface area (Å²) in [7, 11) is -2.96. The fourth-order valence-electron chi connectivity index (χ4n) is 1.72. The Bertz CT molecular complexity index is 482. The molecule has 1 aliphatic rings. The number of sulfone groups is 1. The molecule has 5 nitrogen and oxygen atoms in total. The van der Waals surface area contributed by atoms with Crippen LogP contribution in [0.4, 0.5) is 0 Å². The van der Waals surface area contributed by atoms with Gasteiger partial charge in [0.15, 0.2) is 9.84 Å². The fourth-order valence-corrected chi connectivity index (χ4v) is 3.64. The molecule has 1 saturated heterocycles. The first kappa shape index (κ1) is 12.5. The molecule has 0 aromatic carbocycles. The van der Waals surface area contributed by atoms with Gasteiger partial charge >= 0.3 is 0 Å². The maximum atomic E-state index is 12.0. The molecule has 7 heteroatoms. The second kappa shape index (κ2) is 4.75. The highest BCUT2D eigenvalue weighted by molar-refractivity contribution is 7.91. The lowest BCUT2D eigenvalue weighted by molar-refractivity contribution is -0.132. The van der Waals surface area contributed by atoms with Gasteiger partial charge in [-0.15, -0.1) is 11.3 Å². The standard InChI is InChI=1S/C10H14N2O3S2/c11-9(8-2-1-5-16-8)10(13)12-3-6-17(14,15)7-4-12/h1-2,5,9H,3-4,6-7,11H2. The monoisotopic (exact) mass is 274 g/mol. The van der Waals surface area contributed by atoms with Crippen molar-refractivity contribution in [1.29, 1.82) is 0 Å². The van der Waals surface area contributed by atoms with Crippen LogP contribution < -0.4 is 5.73 Å². The Hall–Kier alpha value is -0.920. The van der Waals surface area contributed by atoms with Crippen LogP contribution in [0.1, 0.15) is 10.9 Å². The van der Waals surface area contributed by atoms with Gasteiger partial charge in [0.2, 0.25) is 5.91 Å². The Morgan fingerprint density at radius 3 is 2.59 bits per heavy atom. The fraction of sp³-hybridized carbons (Fsp3) is 0.500. The maximum absolute atomic E-state index is 12.0. The third-order valence-corrected chi connectivity index (χ3v) is 5.34. The second-order valence-corrected chi connectivity index (χ2v) is 7.25. The second-order valence-electron chi connectivity index (χ2n) is 3.97. The number of hydrogen-bond acceptors (Lipinski definition) is 5. The number of hydrogen-bond donors (Lipinski definition) is 1. The van der Waals surface area contributed by atoms with E-state index in [-0.39, 0.29) is 30.5 Å². The Labute approximate surface area is 104 Å². The highest BCUT2D eigenvalue weighted by Crippen LogP contribution is 2.19. The summed E-state index contributed by atoms with van der Waals surface area (Å²) in [5, 5.41) is 1.86. The Morgan fingerprint density at radius 1 is 1.41 bits per heavy atom. The summed E-state index contributed by atoms with van der Waals surface area (Å²) in [6, 6.07) is 2.98. The van der Waals surface area contributed by atoms with Gasteiger partial charge in [0.1, 0.15) is 6.04 Å². The number of carbonyl (C=O) groups is 1. The van der Waals surface area contributed by atoms with Gasteiger partial charge < -0.3 is 10.6 Å². The van der Waals surface area contributed by atoms with Crippen molar-refractivity contribution in [2.24, 2.45) is 5.73 Å². The Balaban J connectivity index is 2.02. The van der Waals surface area contributed by atoms with Crippen LogP contribution in [0.5, 0.6) is 0 Å². The van der Waals surface area contributed by atoms with Crippen molar-refractivity contribution in [3.8, 4) is 0 Å². The van der Waals surface area contributed by atoms with Crippen molar-refractivity contribution >= 4 is 27.1 Å². The minimum Gasteiger partial charge on any atom is -0.339 e. The molecule has 2 rings (SSSR count). The third kappa shape index (κ3) is 2.85. The van der Waals surface area contributed by atoms with Crippen molar-refractivity contribution < 1.29 is 13.2 Å². The lowest BCUT2D eigenvalue weighted by atomic mass is 10.2. The quantitative estimate of drug-likeness (QED) is 0.823. The average molecular weight is 274 g/mol. The van der Waals surface area contributed by atoms with Gasteiger partial charge in [-0.1, -0.05) is 6.07 Å². The van der Waals surface area contributed by atoms with Gasteiger partial charge in [0.25, 0.3) is 0 Å². The summed E-state index contributed by atoms with van der Waals surface area (Å²) >= 11 is 1.43. The molecule has 2 heterocycles. The largest absolute Gasteiger partial charge is 0.339 e. The minimum atomic E-state index is -2.96. The van der Waals surface area contributed by atoms with Crippen molar-refractivity contribution in [3.05, 3.63) is 22.4 Å². The number of nitrogens with zero attached hydrogens (tertiary/aromatic N) is 1. The molecular formula is C10H14N2O3S2. The number of carbonyl (C=O) groups excluding carboxylic acids is 1. The molecule has 0 spiro atoms. The van der Waals surface area contributed by atoms with Gasteiger partial charge in [0, 0.05) is 18.0 Å². The van der Waals surface area contributed by atoms with Gasteiger partial charge in [-0.05, 0) is 11.4 Å². The van der Waals surface area contributed by atoms with E-state index < -0.39 is 15.9 Å². The minimum absolute atomic E-state index is 0.0376. The molecule has 1 unspecified atom stereocenters. The lowest BCUT2D eigenvalue weighted by Crippen LogP contribution is -2.47. The summed E-state index contributed by atoms with van der Waals surface area (Å²) in [6.45, 7) is 0.500. The third-order valence-electron chi connectivity index (χ3n) is 2.77. The van der Waals surface area contributed by atoms with Crippen LogP contribution in [0.2, 0.25) is 0 Å². The smallest absolute Gasteiger partial charge is 0.244 e. The molecule has 94 valence electrons. The zero-order valence-electron chi connectivity index (χ0n) is 9.20. The highest BCUT2D eigenvalue weighted by Gasteiger charge is 2.28. The van der Waals surface area contributed by atoms with Crippen LogP contribution in [0.25, 0.3) is 0 Å². The predicted molar refractivity (Wildman–Crippen MR) is 66.5 cm³/mol. The van der Waals surface area contributed by atoms with Crippen LogP contribution in [0.15, 0.2) is 17.5 Å². The summed E-state index contributed by atoms with van der Waals surface area (Å²) in [5.41, 5.74) is 5.85. The summed E-state index contributed by atoms with van der Waals surface area (Å²) in [6.07, 6.45) is 0. The van der Waals surface area contributed by atoms with E-state index in [1.807, 2.05) is 17.5 Å². The normalized spacial score (nSPS) is 21.1. The topological polar surface area (TPSA) is 80.5 Å². The summed E-state index contributed by atoms with van der Waals surface area (Å²) in [5.74, 6) is -0.117. The van der Waals surface area contributed by atoms with E-state index in [1.165, 1.54) is 16.2 Å². The van der Waals surface area contributed by atoms with Crippen molar-refractivity contribution in [2.75, 3.05) is 24.6 Å². The van der Waals surface area contributed by atoms with Crippen LogP contribution in [0, 0.1) is 0 Å². The van der Waals surface area contributed by atoms with Crippen LogP contribution >= 0.6 is 11.3 Å². The van der Waals surface area contributed by atoms with E-state index >= 15 is 0 Å². The summed E-state index contributed by atoms with van der Waals surface area (Å²) < 4.78 is 22.5. The molecule has 0 bridgehead atoms. The van der Waals surface area contributed by atoms with Crippen molar-refractivity contribution in [1.82, 2.24) is 4.90 Å².